The van der Waals surface area contributed by atoms with Gasteiger partial charge in [0.1, 0.15) is 26.6 Å². The van der Waals surface area contributed by atoms with Crippen LogP contribution >= 0.6 is 0 Å². The molecule has 0 amide bonds. The molecule has 0 atom stereocenters. The summed E-state index contributed by atoms with van der Waals surface area (Å²) in [5, 5.41) is 16.6. The van der Waals surface area contributed by atoms with Gasteiger partial charge in [0.2, 0.25) is 0 Å². The van der Waals surface area contributed by atoms with E-state index in [0.717, 1.165) is 22.0 Å². The highest BCUT2D eigenvalue weighted by atomic mass is 19.1. The maximum atomic E-state index is 12.6. The summed E-state index contributed by atoms with van der Waals surface area (Å²) in [6.45, 7) is -1.26. The predicted molar refractivity (Wildman–Crippen MR) is 122 cm³/mol. The average molecular weight is 493 g/mol. The summed E-state index contributed by atoms with van der Waals surface area (Å²) in [5.41, 5.74) is 1.75. The smallest absolute Gasteiger partial charge is 0.414 e. The van der Waals surface area contributed by atoms with Crippen LogP contribution in [0.15, 0.2) is 42.6 Å². The molecular weight excluding hydrogens is 468 g/mol. The third-order valence-corrected chi connectivity index (χ3v) is 4.58. The van der Waals surface area contributed by atoms with Crippen molar-refractivity contribution in [1.82, 2.24) is 4.98 Å². The Bertz CT molecular complexity index is 1140. The minimum absolute atomic E-state index is 0.0403. The molecule has 0 unspecified atom stereocenters. The number of carboxylic acids is 2. The van der Waals surface area contributed by atoms with Crippen molar-refractivity contribution in [2.45, 2.75) is 6.42 Å². The van der Waals surface area contributed by atoms with E-state index >= 15 is 0 Å². The molecule has 188 valence electrons. The molecule has 0 radical (unpaired) electrons. The maximum Gasteiger partial charge on any atom is 0.414 e. The van der Waals surface area contributed by atoms with Gasteiger partial charge in [-0.05, 0) is 41.3 Å². The minimum atomic E-state index is -1.82. The number of carbonyl (C=O) groups is 2. The molecule has 0 saturated carbocycles. The van der Waals surface area contributed by atoms with Gasteiger partial charge in [0.15, 0.2) is 23.0 Å². The minimum Gasteiger partial charge on any atom is -0.493 e. The van der Waals surface area contributed by atoms with Gasteiger partial charge in [-0.2, -0.15) is 0 Å². The molecular formula is C24H25F2NO8. The van der Waals surface area contributed by atoms with Crippen LogP contribution in [-0.2, 0) is 16.0 Å². The number of halogens is 2. The fraction of sp³-hybridized carbons (Fsp3) is 0.292. The lowest BCUT2D eigenvalue weighted by Gasteiger charge is -2.14. The molecule has 1 aromatic heterocycles. The number of carboxylic acid groups (broad SMARTS) is 2. The van der Waals surface area contributed by atoms with Gasteiger partial charge in [-0.25, -0.2) is 18.4 Å². The largest absolute Gasteiger partial charge is 0.493 e. The summed E-state index contributed by atoms with van der Waals surface area (Å²) in [4.78, 5) is 22.7. The van der Waals surface area contributed by atoms with Gasteiger partial charge < -0.3 is 29.2 Å². The first-order valence-electron chi connectivity index (χ1n) is 10.3. The number of aromatic nitrogens is 1. The van der Waals surface area contributed by atoms with Crippen molar-refractivity contribution in [3.8, 4) is 23.0 Å². The average Bonchev–Trinajstić information content (AvgIpc) is 2.86. The SMILES string of the molecule is COc1ccc(Cc2nccc3cc(OC)c(OCCF)cc23)cc1OCCF.O=C(O)C(=O)O. The van der Waals surface area contributed by atoms with E-state index in [0.29, 0.717) is 29.4 Å². The lowest BCUT2D eigenvalue weighted by molar-refractivity contribution is -0.159. The van der Waals surface area contributed by atoms with Crippen molar-refractivity contribution in [3.05, 3.63) is 53.9 Å². The Morgan fingerprint density at radius 3 is 1.97 bits per heavy atom. The second-order valence-corrected chi connectivity index (χ2v) is 6.83. The van der Waals surface area contributed by atoms with E-state index < -0.39 is 25.3 Å². The Hall–Kier alpha value is -4.15. The number of aliphatic carboxylic acids is 2. The Morgan fingerprint density at radius 2 is 1.43 bits per heavy atom. The van der Waals surface area contributed by atoms with Crippen LogP contribution < -0.4 is 18.9 Å². The molecule has 0 aliphatic carbocycles. The third-order valence-electron chi connectivity index (χ3n) is 4.58. The molecule has 3 rings (SSSR count). The summed E-state index contributed by atoms with van der Waals surface area (Å²) < 4.78 is 46.6. The van der Waals surface area contributed by atoms with Gasteiger partial charge in [0, 0.05) is 18.0 Å². The van der Waals surface area contributed by atoms with E-state index in [4.69, 9.17) is 38.7 Å². The molecule has 0 aliphatic heterocycles. The van der Waals surface area contributed by atoms with E-state index in [1.54, 1.807) is 19.4 Å². The van der Waals surface area contributed by atoms with Crippen molar-refractivity contribution in [2.24, 2.45) is 0 Å². The van der Waals surface area contributed by atoms with Gasteiger partial charge >= 0.3 is 11.9 Å². The zero-order valence-electron chi connectivity index (χ0n) is 19.1. The van der Waals surface area contributed by atoms with E-state index in [-0.39, 0.29) is 13.2 Å². The molecule has 2 N–H and O–H groups in total. The van der Waals surface area contributed by atoms with Crippen LogP contribution in [0.4, 0.5) is 8.78 Å². The molecule has 0 aliphatic rings. The second-order valence-electron chi connectivity index (χ2n) is 6.83. The number of pyridine rings is 1. The highest BCUT2D eigenvalue weighted by Crippen LogP contribution is 2.35. The molecule has 1 heterocycles. The Morgan fingerprint density at radius 1 is 0.829 bits per heavy atom. The quantitative estimate of drug-likeness (QED) is 0.407. The first-order chi connectivity index (χ1) is 16.8. The fourth-order valence-electron chi connectivity index (χ4n) is 3.09. The molecule has 0 bridgehead atoms. The number of alkyl halides is 2. The van der Waals surface area contributed by atoms with Crippen LogP contribution in [0.2, 0.25) is 0 Å². The van der Waals surface area contributed by atoms with Crippen molar-refractivity contribution in [1.29, 1.82) is 0 Å². The van der Waals surface area contributed by atoms with Crippen molar-refractivity contribution < 1.29 is 47.5 Å². The standard InChI is InChI=1S/C22H23F2NO4.C2H2O4/c1-26-19-4-3-15(12-21(19)28-9-6-23)11-18-17-14-22(29-10-7-24)20(27-2)13-16(17)5-8-25-18;3-1(4)2(5)6/h3-5,8,12-14H,6-7,9-11H2,1-2H3;(H,3,4)(H,5,6). The zero-order chi connectivity index (χ0) is 25.8. The van der Waals surface area contributed by atoms with Gasteiger partial charge in [0.25, 0.3) is 0 Å². The molecule has 35 heavy (non-hydrogen) atoms. The Labute approximate surface area is 199 Å². The van der Waals surface area contributed by atoms with Crippen LogP contribution in [0.25, 0.3) is 10.8 Å². The third kappa shape index (κ3) is 7.70. The predicted octanol–water partition coefficient (Wildman–Crippen LogP) is 3.70. The number of ether oxygens (including phenoxy) is 4. The number of hydrogen-bond donors (Lipinski definition) is 2. The maximum absolute atomic E-state index is 12.6. The van der Waals surface area contributed by atoms with Gasteiger partial charge in [-0.15, -0.1) is 0 Å². The van der Waals surface area contributed by atoms with E-state index in [9.17, 15) is 8.78 Å². The van der Waals surface area contributed by atoms with Gasteiger partial charge in [0.05, 0.1) is 19.9 Å². The normalized spacial score (nSPS) is 10.2. The molecule has 9 nitrogen and oxygen atoms in total. The Balaban J connectivity index is 0.000000641. The number of benzene rings is 2. The summed E-state index contributed by atoms with van der Waals surface area (Å²) in [5.74, 6) is -1.62. The molecule has 0 spiro atoms. The Kier molecular flexibility index (Phi) is 10.5. The van der Waals surface area contributed by atoms with E-state index in [1.165, 1.54) is 7.11 Å². The highest BCUT2D eigenvalue weighted by Gasteiger charge is 2.13. The van der Waals surface area contributed by atoms with Crippen LogP contribution in [0, 0.1) is 0 Å². The topological polar surface area (TPSA) is 124 Å². The number of fused-ring (bicyclic) bond motifs is 1. The molecule has 0 fully saturated rings. The monoisotopic (exact) mass is 493 g/mol. The molecule has 2 aromatic carbocycles. The highest BCUT2D eigenvalue weighted by molar-refractivity contribution is 6.27. The molecule has 11 heteroatoms. The second kappa shape index (κ2) is 13.5. The zero-order valence-corrected chi connectivity index (χ0v) is 19.1. The first kappa shape index (κ1) is 27.1. The first-order valence-corrected chi connectivity index (χ1v) is 10.3. The summed E-state index contributed by atoms with van der Waals surface area (Å²) in [7, 11) is 3.08. The summed E-state index contributed by atoms with van der Waals surface area (Å²) in [6.07, 6.45) is 2.24. The van der Waals surface area contributed by atoms with Crippen LogP contribution in [0.5, 0.6) is 23.0 Å². The molecule has 3 aromatic rings. The van der Waals surface area contributed by atoms with Gasteiger partial charge in [-0.3, -0.25) is 4.98 Å². The van der Waals surface area contributed by atoms with Crippen molar-refractivity contribution in [3.63, 3.8) is 0 Å². The summed E-state index contributed by atoms with van der Waals surface area (Å²) >= 11 is 0. The summed E-state index contributed by atoms with van der Waals surface area (Å²) in [6, 6.07) is 11.1. The fourth-order valence-corrected chi connectivity index (χ4v) is 3.09. The number of rotatable bonds is 10. The number of hydrogen-bond acceptors (Lipinski definition) is 7. The number of nitrogens with zero attached hydrogens (tertiary/aromatic N) is 1. The lowest BCUT2D eigenvalue weighted by Crippen LogP contribution is -2.09. The lowest BCUT2D eigenvalue weighted by atomic mass is 10.0. The molecule has 0 saturated heterocycles. The van der Waals surface area contributed by atoms with Crippen LogP contribution in [-0.4, -0.2) is 67.9 Å². The van der Waals surface area contributed by atoms with Crippen molar-refractivity contribution >= 4 is 22.7 Å². The van der Waals surface area contributed by atoms with E-state index in [1.807, 2.05) is 30.3 Å². The van der Waals surface area contributed by atoms with E-state index in [2.05, 4.69) is 4.98 Å². The van der Waals surface area contributed by atoms with Crippen molar-refractivity contribution in [2.75, 3.05) is 40.8 Å². The van der Waals surface area contributed by atoms with Gasteiger partial charge in [-0.1, -0.05) is 6.07 Å². The van der Waals surface area contributed by atoms with Crippen LogP contribution in [0.1, 0.15) is 11.3 Å². The van der Waals surface area contributed by atoms with Crippen LogP contribution in [0.3, 0.4) is 0 Å². The number of methoxy groups -OCH3 is 2.